The molecular weight excluding hydrogens is 398 g/mol. The molecule has 0 fully saturated rings. The van der Waals surface area contributed by atoms with Crippen molar-refractivity contribution in [2.45, 2.75) is 39.0 Å². The number of nitrogens with zero attached hydrogens (tertiary/aromatic N) is 2. The van der Waals surface area contributed by atoms with Gasteiger partial charge in [-0.3, -0.25) is 14.4 Å². The van der Waals surface area contributed by atoms with Crippen molar-refractivity contribution in [1.82, 2.24) is 4.90 Å². The molecule has 4 rings (SSSR count). The molecule has 0 saturated heterocycles. The number of nitriles is 1. The van der Waals surface area contributed by atoms with Crippen molar-refractivity contribution >= 4 is 17.7 Å². The number of rotatable bonds is 3. The topological polar surface area (TPSA) is 123 Å². The molecule has 1 aliphatic carbocycles. The molecule has 0 radical (unpaired) electrons. The number of nitrogens with two attached hydrogens (primary N) is 1. The number of carbonyl (C=O) groups is 3. The summed E-state index contributed by atoms with van der Waals surface area (Å²) < 4.78 is 10.7. The molecule has 31 heavy (non-hydrogen) atoms. The highest BCUT2D eigenvalue weighted by Crippen LogP contribution is 2.57. The number of ketones is 1. The van der Waals surface area contributed by atoms with Crippen molar-refractivity contribution in [2.24, 2.45) is 11.1 Å². The van der Waals surface area contributed by atoms with Gasteiger partial charge in [-0.05, 0) is 24.8 Å². The number of ether oxygens (including phenoxy) is 2. The third kappa shape index (κ3) is 2.84. The largest absolute Gasteiger partial charge is 0.465 e. The van der Waals surface area contributed by atoms with Crippen LogP contribution in [0.4, 0.5) is 0 Å². The number of fused-ring (bicyclic) bond motifs is 3. The number of benzene rings is 1. The molecule has 0 saturated carbocycles. The van der Waals surface area contributed by atoms with Crippen LogP contribution < -0.4 is 10.5 Å². The number of para-hydroxylation sites is 1. The molecule has 0 unspecified atom stereocenters. The summed E-state index contributed by atoms with van der Waals surface area (Å²) in [6, 6.07) is 8.73. The Balaban J connectivity index is 2.03. The molecule has 0 bridgehead atoms. The third-order valence-electron chi connectivity index (χ3n) is 5.96. The Labute approximate surface area is 179 Å². The predicted octanol–water partition coefficient (Wildman–Crippen LogP) is 2.06. The molecule has 2 heterocycles. The highest BCUT2D eigenvalue weighted by atomic mass is 16.5. The van der Waals surface area contributed by atoms with E-state index in [-0.39, 0.29) is 42.4 Å². The van der Waals surface area contributed by atoms with E-state index >= 15 is 0 Å². The van der Waals surface area contributed by atoms with Gasteiger partial charge in [0, 0.05) is 23.3 Å². The number of hydrogen-bond donors (Lipinski definition) is 1. The minimum absolute atomic E-state index is 0.136. The lowest BCUT2D eigenvalue weighted by molar-refractivity contribution is -0.148. The Morgan fingerprint density at radius 1 is 1.29 bits per heavy atom. The molecule has 3 aliphatic rings. The third-order valence-corrected chi connectivity index (χ3v) is 5.96. The first kappa shape index (κ1) is 20.7. The Morgan fingerprint density at radius 2 is 2.00 bits per heavy atom. The summed E-state index contributed by atoms with van der Waals surface area (Å²) in [6.45, 7) is 5.35. The zero-order chi connectivity index (χ0) is 22.6. The van der Waals surface area contributed by atoms with Gasteiger partial charge in [0.1, 0.15) is 29.4 Å². The van der Waals surface area contributed by atoms with Gasteiger partial charge in [0.2, 0.25) is 11.8 Å². The second kappa shape index (κ2) is 6.98. The van der Waals surface area contributed by atoms with E-state index in [4.69, 9.17) is 15.2 Å². The van der Waals surface area contributed by atoms with E-state index < -0.39 is 22.7 Å². The van der Waals surface area contributed by atoms with Gasteiger partial charge < -0.3 is 20.1 Å². The van der Waals surface area contributed by atoms with Crippen LogP contribution in [0.1, 0.15) is 39.2 Å². The van der Waals surface area contributed by atoms with E-state index in [2.05, 4.69) is 0 Å². The summed E-state index contributed by atoms with van der Waals surface area (Å²) in [5, 5.41) is 10.00. The smallest absolute Gasteiger partial charge is 0.326 e. The number of amides is 1. The zero-order valence-electron chi connectivity index (χ0n) is 17.7. The number of Topliss-reactive ketones (excluding diaryl/α,β-unsaturated/α-hetero) is 1. The fraction of sp³-hybridized carbons (Fsp3) is 0.391. The van der Waals surface area contributed by atoms with Crippen molar-refractivity contribution in [1.29, 1.82) is 5.26 Å². The Kier molecular flexibility index (Phi) is 4.65. The molecule has 0 aromatic heterocycles. The van der Waals surface area contributed by atoms with Gasteiger partial charge in [-0.2, -0.15) is 5.26 Å². The molecule has 1 spiro atoms. The summed E-state index contributed by atoms with van der Waals surface area (Å²) >= 11 is 0. The van der Waals surface area contributed by atoms with Crippen molar-refractivity contribution in [2.75, 3.05) is 13.2 Å². The van der Waals surface area contributed by atoms with Gasteiger partial charge in [0.15, 0.2) is 5.78 Å². The maximum atomic E-state index is 14.1. The van der Waals surface area contributed by atoms with Gasteiger partial charge in [0.05, 0.1) is 6.61 Å². The van der Waals surface area contributed by atoms with E-state index in [1.807, 2.05) is 19.9 Å². The minimum atomic E-state index is -1.73. The highest BCUT2D eigenvalue weighted by molar-refractivity contribution is 6.15. The molecule has 1 aromatic rings. The molecule has 8 nitrogen and oxygen atoms in total. The summed E-state index contributed by atoms with van der Waals surface area (Å²) in [7, 11) is 0. The summed E-state index contributed by atoms with van der Waals surface area (Å²) in [6.07, 6.45) is 0.596. The van der Waals surface area contributed by atoms with Gasteiger partial charge in [-0.25, -0.2) is 0 Å². The maximum absolute atomic E-state index is 14.1. The molecule has 2 aliphatic heterocycles. The van der Waals surface area contributed by atoms with Crippen molar-refractivity contribution in [3.8, 4) is 11.8 Å². The zero-order valence-corrected chi connectivity index (χ0v) is 17.7. The van der Waals surface area contributed by atoms with Gasteiger partial charge in [-0.1, -0.05) is 32.0 Å². The van der Waals surface area contributed by atoms with E-state index in [1.54, 1.807) is 31.2 Å². The second-order valence-corrected chi connectivity index (χ2v) is 8.66. The van der Waals surface area contributed by atoms with Crippen molar-refractivity contribution < 1.29 is 23.9 Å². The van der Waals surface area contributed by atoms with Crippen LogP contribution in [0.2, 0.25) is 0 Å². The fourth-order valence-electron chi connectivity index (χ4n) is 4.85. The second-order valence-electron chi connectivity index (χ2n) is 8.66. The van der Waals surface area contributed by atoms with Crippen molar-refractivity contribution in [3.63, 3.8) is 0 Å². The average molecular weight is 421 g/mol. The monoisotopic (exact) mass is 421 g/mol. The first-order valence-electron chi connectivity index (χ1n) is 10.1. The first-order valence-corrected chi connectivity index (χ1v) is 10.1. The maximum Gasteiger partial charge on any atom is 0.326 e. The standard InChI is InChI=1S/C23H23N3O5/c1-4-30-18(28)12-26-15-9-22(2,3)10-16(27)19(15)23(21(26)29)13-7-5-6-8-17(13)31-20(25)14(23)11-24/h5-8H,4,9-10,12,25H2,1-3H3/t23-/m0/s1. The van der Waals surface area contributed by atoms with Crippen LogP contribution in [-0.2, 0) is 24.5 Å². The number of hydrogen-bond acceptors (Lipinski definition) is 7. The van der Waals surface area contributed by atoms with Crippen LogP contribution >= 0.6 is 0 Å². The molecule has 8 heteroatoms. The molecule has 160 valence electrons. The Hall–Kier alpha value is -3.60. The van der Waals surface area contributed by atoms with Crippen LogP contribution in [-0.4, -0.2) is 35.7 Å². The van der Waals surface area contributed by atoms with Crippen LogP contribution in [0.3, 0.4) is 0 Å². The fourth-order valence-corrected chi connectivity index (χ4v) is 4.85. The van der Waals surface area contributed by atoms with Crippen molar-refractivity contribution in [3.05, 3.63) is 52.6 Å². The van der Waals surface area contributed by atoms with Gasteiger partial charge in [-0.15, -0.1) is 0 Å². The lowest BCUT2D eigenvalue weighted by Crippen LogP contribution is -2.47. The van der Waals surface area contributed by atoms with Crippen LogP contribution in [0.25, 0.3) is 0 Å². The highest BCUT2D eigenvalue weighted by Gasteiger charge is 2.63. The molecule has 2 N–H and O–H groups in total. The summed E-state index contributed by atoms with van der Waals surface area (Å²) in [5.74, 6) is -1.33. The molecule has 1 amide bonds. The Bertz CT molecular complexity index is 1120. The minimum Gasteiger partial charge on any atom is -0.465 e. The van der Waals surface area contributed by atoms with Crippen LogP contribution in [0, 0.1) is 16.7 Å². The van der Waals surface area contributed by atoms with E-state index in [1.165, 1.54) is 4.90 Å². The lowest BCUT2D eigenvalue weighted by Gasteiger charge is -2.37. The van der Waals surface area contributed by atoms with E-state index in [0.717, 1.165) is 0 Å². The predicted molar refractivity (Wildman–Crippen MR) is 109 cm³/mol. The first-order chi connectivity index (χ1) is 14.7. The summed E-state index contributed by atoms with van der Waals surface area (Å²) in [4.78, 5) is 41.2. The number of esters is 1. The number of allylic oxidation sites excluding steroid dienone is 1. The normalized spacial score (nSPS) is 24.0. The quantitative estimate of drug-likeness (QED) is 0.741. The van der Waals surface area contributed by atoms with E-state index in [9.17, 15) is 19.6 Å². The van der Waals surface area contributed by atoms with E-state index in [0.29, 0.717) is 23.4 Å². The van der Waals surface area contributed by atoms with Gasteiger partial charge >= 0.3 is 5.97 Å². The van der Waals surface area contributed by atoms with Gasteiger partial charge in [0.25, 0.3) is 0 Å². The SMILES string of the molecule is CCOC(=O)CN1C(=O)[C@@]2(C(C#N)=C(N)Oc3ccccc32)C2=C1CC(C)(C)CC2=O. The summed E-state index contributed by atoms with van der Waals surface area (Å²) in [5.41, 5.74) is 4.81. The molecule has 1 atom stereocenters. The molecule has 1 aromatic carbocycles. The molecular formula is C23H23N3O5. The van der Waals surface area contributed by atoms with Crippen LogP contribution in [0.5, 0.6) is 5.75 Å². The van der Waals surface area contributed by atoms with Crippen LogP contribution in [0.15, 0.2) is 47.0 Å². The Morgan fingerprint density at radius 3 is 2.68 bits per heavy atom. The number of carbonyl (C=O) groups excluding carboxylic acids is 3. The lowest BCUT2D eigenvalue weighted by atomic mass is 9.63. The average Bonchev–Trinajstić information content (AvgIpc) is 2.91.